The van der Waals surface area contributed by atoms with E-state index in [1.165, 1.54) is 0 Å². The van der Waals surface area contributed by atoms with Crippen molar-refractivity contribution in [2.75, 3.05) is 23.0 Å². The normalized spacial score (nSPS) is 13.7. The number of fused-ring (bicyclic) bond motifs is 1. The third kappa shape index (κ3) is 3.57. The summed E-state index contributed by atoms with van der Waals surface area (Å²) in [6, 6.07) is 4.92. The molecule has 0 radical (unpaired) electrons. The van der Waals surface area contributed by atoms with Crippen LogP contribution in [-0.2, 0) is 20.6 Å². The highest BCUT2D eigenvalue weighted by atomic mass is 32.2. The molecule has 8 heteroatoms. The van der Waals surface area contributed by atoms with E-state index in [0.717, 1.165) is 0 Å². The summed E-state index contributed by atoms with van der Waals surface area (Å²) in [5, 5.41) is 0.0392. The average Bonchev–Trinajstić information content (AvgIpc) is 2.79. The third-order valence-corrected chi connectivity index (χ3v) is 5.94. The Hall–Kier alpha value is -1.41. The summed E-state index contributed by atoms with van der Waals surface area (Å²) in [6.07, 6.45) is 0.553. The van der Waals surface area contributed by atoms with Crippen LogP contribution in [0.3, 0.4) is 0 Å². The lowest BCUT2D eigenvalue weighted by molar-refractivity contribution is 0.478. The lowest BCUT2D eigenvalue weighted by Crippen LogP contribution is -2.16. The van der Waals surface area contributed by atoms with Crippen LogP contribution in [0, 0.1) is 0 Å². The third-order valence-electron chi connectivity index (χ3n) is 2.68. The fourth-order valence-corrected chi connectivity index (χ4v) is 4.73. The van der Waals surface area contributed by atoms with Crippen molar-refractivity contribution in [2.45, 2.75) is 18.6 Å². The molecule has 0 saturated heterocycles. The topological polar surface area (TPSA) is 103 Å². The predicted molar refractivity (Wildman–Crippen MR) is 78.6 cm³/mol. The maximum atomic E-state index is 12.0. The van der Waals surface area contributed by atoms with Crippen LogP contribution < -0.4 is 5.73 Å². The van der Waals surface area contributed by atoms with E-state index in [2.05, 4.69) is 4.98 Å². The van der Waals surface area contributed by atoms with Gasteiger partial charge < -0.3 is 10.2 Å². The molecule has 2 N–H and O–H groups in total. The molecule has 110 valence electrons. The number of anilines is 1. The van der Waals surface area contributed by atoms with Gasteiger partial charge in [0.15, 0.2) is 15.4 Å². The standard InChI is InChI=1S/C12H16N2O4S2/c1-2-6-20(16,17)7-5-19(15)12-14-10-8-9(13)3-4-11(10)18-12/h3-4,8H,2,5-7,13H2,1H3. The van der Waals surface area contributed by atoms with Gasteiger partial charge in [-0.25, -0.2) is 17.6 Å². The minimum atomic E-state index is -3.15. The molecule has 0 spiro atoms. The molecule has 0 aliphatic heterocycles. The van der Waals surface area contributed by atoms with E-state index in [9.17, 15) is 12.6 Å². The molecule has 1 unspecified atom stereocenters. The highest BCUT2D eigenvalue weighted by Crippen LogP contribution is 2.20. The Morgan fingerprint density at radius 3 is 2.80 bits per heavy atom. The summed E-state index contributed by atoms with van der Waals surface area (Å²) >= 11 is 0. The Morgan fingerprint density at radius 1 is 1.35 bits per heavy atom. The second kappa shape index (κ2) is 5.92. The number of nitrogens with two attached hydrogens (primary N) is 1. The van der Waals surface area contributed by atoms with Gasteiger partial charge in [0.25, 0.3) is 5.22 Å². The first kappa shape index (κ1) is 15.0. The smallest absolute Gasteiger partial charge is 0.287 e. The van der Waals surface area contributed by atoms with Crippen molar-refractivity contribution in [1.82, 2.24) is 4.98 Å². The van der Waals surface area contributed by atoms with Crippen LogP contribution in [0.5, 0.6) is 0 Å². The average molecular weight is 316 g/mol. The lowest BCUT2D eigenvalue weighted by atomic mass is 10.3. The van der Waals surface area contributed by atoms with Crippen molar-refractivity contribution < 1.29 is 17.0 Å². The molecule has 0 amide bonds. The van der Waals surface area contributed by atoms with Gasteiger partial charge in [-0.3, -0.25) is 0 Å². The molecule has 0 saturated carbocycles. The van der Waals surface area contributed by atoms with Gasteiger partial charge in [-0.1, -0.05) is 6.92 Å². The van der Waals surface area contributed by atoms with Crippen LogP contribution in [0.1, 0.15) is 13.3 Å². The van der Waals surface area contributed by atoms with Gasteiger partial charge in [-0.2, -0.15) is 0 Å². The summed E-state index contributed by atoms with van der Waals surface area (Å²) in [5.41, 5.74) is 7.16. The number of hydrogen-bond acceptors (Lipinski definition) is 6. The first-order valence-corrected chi connectivity index (χ1v) is 9.30. The van der Waals surface area contributed by atoms with Gasteiger partial charge >= 0.3 is 0 Å². The molecule has 2 aromatic rings. The molecule has 20 heavy (non-hydrogen) atoms. The Morgan fingerprint density at radius 2 is 2.10 bits per heavy atom. The first-order chi connectivity index (χ1) is 9.41. The van der Waals surface area contributed by atoms with Crippen molar-refractivity contribution >= 4 is 37.4 Å². The molecule has 0 aliphatic carbocycles. The van der Waals surface area contributed by atoms with Crippen LogP contribution in [-0.4, -0.2) is 34.9 Å². The number of nitrogens with zero attached hydrogens (tertiary/aromatic N) is 1. The number of oxazole rings is 1. The fraction of sp³-hybridized carbons (Fsp3) is 0.417. The molecule has 0 fully saturated rings. The number of hydrogen-bond donors (Lipinski definition) is 1. The Kier molecular flexibility index (Phi) is 4.44. The second-order valence-corrected chi connectivity index (χ2v) is 8.16. The molecule has 1 atom stereocenters. The second-order valence-electron chi connectivity index (χ2n) is 4.41. The van der Waals surface area contributed by atoms with Gasteiger partial charge in [0, 0.05) is 17.2 Å². The lowest BCUT2D eigenvalue weighted by Gasteiger charge is -2.00. The maximum absolute atomic E-state index is 12.0. The van der Waals surface area contributed by atoms with E-state index in [1.54, 1.807) is 25.1 Å². The zero-order valence-corrected chi connectivity index (χ0v) is 12.7. The SMILES string of the molecule is CCCS(=O)(=O)CCS(=O)c1nc2cc(N)ccc2o1. The van der Waals surface area contributed by atoms with Crippen molar-refractivity contribution in [3.05, 3.63) is 18.2 Å². The zero-order chi connectivity index (χ0) is 14.8. The van der Waals surface area contributed by atoms with E-state index in [1.807, 2.05) is 0 Å². The van der Waals surface area contributed by atoms with E-state index < -0.39 is 20.6 Å². The number of nitrogen functional groups attached to an aromatic ring is 1. The predicted octanol–water partition coefficient (Wildman–Crippen LogP) is 1.34. The molecular formula is C12H16N2O4S2. The minimum absolute atomic E-state index is 0.00929. The summed E-state index contributed by atoms with van der Waals surface area (Å²) in [7, 11) is -4.72. The van der Waals surface area contributed by atoms with Gasteiger partial charge in [0.05, 0.1) is 5.75 Å². The van der Waals surface area contributed by atoms with Crippen molar-refractivity contribution in [1.29, 1.82) is 0 Å². The molecule has 0 aliphatic rings. The van der Waals surface area contributed by atoms with Crippen molar-refractivity contribution in [3.8, 4) is 0 Å². The molecule has 0 bridgehead atoms. The molecule has 1 heterocycles. The largest absolute Gasteiger partial charge is 0.430 e. The van der Waals surface area contributed by atoms with Crippen molar-refractivity contribution in [2.24, 2.45) is 0 Å². The van der Waals surface area contributed by atoms with Crippen molar-refractivity contribution in [3.63, 3.8) is 0 Å². The molecular weight excluding hydrogens is 300 g/mol. The fourth-order valence-electron chi connectivity index (χ4n) is 1.72. The highest BCUT2D eigenvalue weighted by molar-refractivity contribution is 7.93. The number of aromatic nitrogens is 1. The number of sulfone groups is 1. The van der Waals surface area contributed by atoms with Crippen LogP contribution in [0.25, 0.3) is 11.1 Å². The monoisotopic (exact) mass is 316 g/mol. The van der Waals surface area contributed by atoms with Gasteiger partial charge in [-0.05, 0) is 24.6 Å². The summed E-state index contributed by atoms with van der Waals surface area (Å²) in [6.45, 7) is 1.79. The van der Waals surface area contributed by atoms with E-state index in [-0.39, 0.29) is 22.5 Å². The highest BCUT2D eigenvalue weighted by Gasteiger charge is 2.17. The molecule has 1 aromatic carbocycles. The Bertz CT molecular complexity index is 737. The Balaban J connectivity index is 2.12. The maximum Gasteiger partial charge on any atom is 0.287 e. The Labute approximate surface area is 119 Å². The quantitative estimate of drug-likeness (QED) is 0.807. The van der Waals surface area contributed by atoms with Crippen LogP contribution in [0.4, 0.5) is 5.69 Å². The van der Waals surface area contributed by atoms with Gasteiger partial charge in [-0.15, -0.1) is 0 Å². The summed E-state index contributed by atoms with van der Waals surface area (Å²) in [4.78, 5) is 4.08. The van der Waals surface area contributed by atoms with Gasteiger partial charge in [0.1, 0.15) is 16.3 Å². The molecule has 6 nitrogen and oxygen atoms in total. The zero-order valence-electron chi connectivity index (χ0n) is 11.0. The van der Waals surface area contributed by atoms with Gasteiger partial charge in [0.2, 0.25) is 0 Å². The minimum Gasteiger partial charge on any atom is -0.430 e. The van der Waals surface area contributed by atoms with E-state index in [4.69, 9.17) is 10.2 Å². The summed E-state index contributed by atoms with van der Waals surface area (Å²) in [5.74, 6) is -0.0345. The van der Waals surface area contributed by atoms with E-state index in [0.29, 0.717) is 23.2 Å². The van der Waals surface area contributed by atoms with E-state index >= 15 is 0 Å². The first-order valence-electron chi connectivity index (χ1n) is 6.16. The van der Waals surface area contributed by atoms with Crippen LogP contribution in [0.2, 0.25) is 0 Å². The molecule has 1 aromatic heterocycles. The van der Waals surface area contributed by atoms with Crippen LogP contribution >= 0.6 is 0 Å². The number of rotatable bonds is 6. The number of benzene rings is 1. The van der Waals surface area contributed by atoms with Crippen LogP contribution in [0.15, 0.2) is 27.8 Å². The molecule has 2 rings (SSSR count). The summed E-state index contributed by atoms with van der Waals surface area (Å²) < 4.78 is 40.5.